The summed E-state index contributed by atoms with van der Waals surface area (Å²) in [6.45, 7) is 0.612. The van der Waals surface area contributed by atoms with Crippen molar-refractivity contribution in [3.05, 3.63) is 64.1 Å². The minimum atomic E-state index is -0.211. The molecule has 0 radical (unpaired) electrons. The molecule has 6 rings (SSSR count). The molecular weight excluding hydrogens is 437 g/mol. The van der Waals surface area contributed by atoms with Gasteiger partial charge in [-0.25, -0.2) is 4.79 Å². The molecular formula is C23H23Cl2N3O3. The number of carbonyl (C=O) groups excluding carboxylic acids is 2. The van der Waals surface area contributed by atoms with Crippen molar-refractivity contribution in [3.8, 4) is 5.75 Å². The van der Waals surface area contributed by atoms with Gasteiger partial charge in [-0.2, -0.15) is 0 Å². The van der Waals surface area contributed by atoms with Crippen LogP contribution in [0.1, 0.15) is 30.9 Å². The van der Waals surface area contributed by atoms with E-state index in [1.54, 1.807) is 29.2 Å². The number of nitrogens with one attached hydrogen (secondary N) is 1. The Morgan fingerprint density at radius 1 is 1.06 bits per heavy atom. The molecule has 2 aromatic rings. The Morgan fingerprint density at radius 2 is 1.65 bits per heavy atom. The van der Waals surface area contributed by atoms with E-state index in [0.717, 1.165) is 24.8 Å². The van der Waals surface area contributed by atoms with Gasteiger partial charge < -0.3 is 19.9 Å². The molecule has 1 atom stereocenters. The fraction of sp³-hybridized carbons (Fsp3) is 0.391. The minimum absolute atomic E-state index is 0.0112. The summed E-state index contributed by atoms with van der Waals surface area (Å²) in [6, 6.07) is 14.6. The number of likely N-dealkylation sites (N-methyl/N-ethyl adjacent to an activating group) is 1. The third kappa shape index (κ3) is 3.52. The van der Waals surface area contributed by atoms with Crippen LogP contribution in [-0.4, -0.2) is 53.0 Å². The van der Waals surface area contributed by atoms with Gasteiger partial charge in [0.2, 0.25) is 0 Å². The summed E-state index contributed by atoms with van der Waals surface area (Å²) in [5.74, 6) is 0.458. The van der Waals surface area contributed by atoms with Gasteiger partial charge in [-0.05, 0) is 61.2 Å². The number of hydrogen-bond donors (Lipinski definition) is 1. The van der Waals surface area contributed by atoms with Crippen molar-refractivity contribution < 1.29 is 14.3 Å². The molecule has 2 bridgehead atoms. The molecule has 0 spiro atoms. The van der Waals surface area contributed by atoms with Gasteiger partial charge in [0, 0.05) is 29.2 Å². The zero-order valence-electron chi connectivity index (χ0n) is 17.1. The smallest absolute Gasteiger partial charge is 0.320 e. The lowest BCUT2D eigenvalue weighted by molar-refractivity contribution is -0.166. The van der Waals surface area contributed by atoms with Gasteiger partial charge in [0.25, 0.3) is 5.91 Å². The number of benzene rings is 2. The maximum atomic E-state index is 12.9. The minimum Gasteiger partial charge on any atom is -0.484 e. The number of ether oxygens (including phenoxy) is 1. The molecule has 0 unspecified atom stereocenters. The molecule has 8 heteroatoms. The molecule has 1 saturated heterocycles. The van der Waals surface area contributed by atoms with Gasteiger partial charge in [-0.3, -0.25) is 4.79 Å². The summed E-state index contributed by atoms with van der Waals surface area (Å²) in [5, 5.41) is 4.41. The summed E-state index contributed by atoms with van der Waals surface area (Å²) in [7, 11) is 1.85. The first-order chi connectivity index (χ1) is 14.8. The number of hydrogen-bond acceptors (Lipinski definition) is 3. The molecule has 31 heavy (non-hydrogen) atoms. The number of amides is 3. The summed E-state index contributed by atoms with van der Waals surface area (Å²) in [4.78, 5) is 29.1. The molecule has 4 aliphatic rings. The van der Waals surface area contributed by atoms with E-state index >= 15 is 0 Å². The average Bonchev–Trinajstić information content (AvgIpc) is 2.99. The maximum absolute atomic E-state index is 12.9. The zero-order valence-corrected chi connectivity index (χ0v) is 18.6. The van der Waals surface area contributed by atoms with Crippen molar-refractivity contribution in [3.63, 3.8) is 0 Å². The first kappa shape index (κ1) is 20.5. The normalized spacial score (nSPS) is 28.7. The highest BCUT2D eigenvalue weighted by Crippen LogP contribution is 2.64. The van der Waals surface area contributed by atoms with E-state index in [-0.39, 0.29) is 35.7 Å². The van der Waals surface area contributed by atoms with Crippen LogP contribution in [0.3, 0.4) is 0 Å². The van der Waals surface area contributed by atoms with Gasteiger partial charge >= 0.3 is 6.03 Å². The van der Waals surface area contributed by atoms with Gasteiger partial charge in [0.05, 0.1) is 11.6 Å². The van der Waals surface area contributed by atoms with Crippen molar-refractivity contribution in [2.45, 2.75) is 36.4 Å². The van der Waals surface area contributed by atoms with Crippen LogP contribution in [0.2, 0.25) is 10.0 Å². The standard InChI is InChI=1S/C23H23Cl2N3O3/c1-27-19(15-2-4-16(24)5-3-15)10-28(21(27)30)23-12-22(13-23,14-23)26-20(29)11-31-18-8-6-17(25)7-9-18/h2-9,19H,10-14H2,1H3,(H,26,29)/t19-,22?,23?/m1/s1. The van der Waals surface area contributed by atoms with E-state index in [0.29, 0.717) is 22.3 Å². The second-order valence-corrected chi connectivity index (χ2v) is 9.77. The number of halogens is 2. The molecule has 1 heterocycles. The lowest BCUT2D eigenvalue weighted by Gasteiger charge is -2.72. The van der Waals surface area contributed by atoms with Crippen LogP contribution in [-0.2, 0) is 4.79 Å². The summed E-state index contributed by atoms with van der Waals surface area (Å²) >= 11 is 11.9. The van der Waals surface area contributed by atoms with Crippen LogP contribution in [0.25, 0.3) is 0 Å². The molecule has 3 amide bonds. The van der Waals surface area contributed by atoms with Crippen molar-refractivity contribution in [2.24, 2.45) is 0 Å². The first-order valence-corrected chi connectivity index (χ1v) is 11.0. The highest BCUT2D eigenvalue weighted by atomic mass is 35.5. The van der Waals surface area contributed by atoms with Crippen molar-refractivity contribution in [1.82, 2.24) is 15.1 Å². The third-order valence-corrected chi connectivity index (χ3v) is 7.28. The number of carbonyl (C=O) groups is 2. The second kappa shape index (κ2) is 7.31. The topological polar surface area (TPSA) is 61.9 Å². The third-order valence-electron chi connectivity index (χ3n) is 6.77. The highest BCUT2D eigenvalue weighted by Gasteiger charge is 2.73. The quantitative estimate of drug-likeness (QED) is 0.701. The summed E-state index contributed by atoms with van der Waals surface area (Å²) in [6.07, 6.45) is 2.37. The number of rotatable bonds is 6. The maximum Gasteiger partial charge on any atom is 0.320 e. The SMILES string of the molecule is CN1C(=O)N(C23CC(NC(=O)COc4ccc(Cl)cc4)(C2)C3)C[C@@H]1c1ccc(Cl)cc1. The molecule has 4 fully saturated rings. The molecule has 3 saturated carbocycles. The van der Waals surface area contributed by atoms with Crippen LogP contribution in [0.4, 0.5) is 4.79 Å². The van der Waals surface area contributed by atoms with Crippen molar-refractivity contribution in [2.75, 3.05) is 20.2 Å². The Morgan fingerprint density at radius 3 is 2.26 bits per heavy atom. The molecule has 3 aliphatic carbocycles. The van der Waals surface area contributed by atoms with E-state index in [1.165, 1.54) is 0 Å². The Bertz CT molecular complexity index is 1010. The monoisotopic (exact) mass is 459 g/mol. The van der Waals surface area contributed by atoms with Gasteiger partial charge in [0.15, 0.2) is 6.61 Å². The Labute approximate surface area is 191 Å². The fourth-order valence-corrected chi connectivity index (χ4v) is 5.52. The van der Waals surface area contributed by atoms with Gasteiger partial charge in [-0.15, -0.1) is 0 Å². The van der Waals surface area contributed by atoms with E-state index in [4.69, 9.17) is 27.9 Å². The number of nitrogens with zero attached hydrogens (tertiary/aromatic N) is 2. The molecule has 2 aromatic carbocycles. The Kier molecular flexibility index (Phi) is 4.83. The van der Waals surface area contributed by atoms with Crippen LogP contribution in [0.15, 0.2) is 48.5 Å². The molecule has 1 N–H and O–H groups in total. The van der Waals surface area contributed by atoms with Crippen LogP contribution >= 0.6 is 23.2 Å². The zero-order chi connectivity index (χ0) is 21.8. The van der Waals surface area contributed by atoms with E-state index in [2.05, 4.69) is 5.32 Å². The lowest BCUT2D eigenvalue weighted by atomic mass is 9.43. The van der Waals surface area contributed by atoms with Crippen molar-refractivity contribution >= 4 is 35.1 Å². The van der Waals surface area contributed by atoms with Crippen LogP contribution < -0.4 is 10.1 Å². The van der Waals surface area contributed by atoms with E-state index < -0.39 is 0 Å². The number of urea groups is 1. The average molecular weight is 460 g/mol. The summed E-state index contributed by atoms with van der Waals surface area (Å²) in [5.41, 5.74) is 0.728. The van der Waals surface area contributed by atoms with Gasteiger partial charge in [-0.1, -0.05) is 35.3 Å². The molecule has 162 valence electrons. The molecule has 0 aromatic heterocycles. The predicted octanol–water partition coefficient (Wildman–Crippen LogP) is 4.27. The second-order valence-electron chi connectivity index (χ2n) is 8.90. The largest absolute Gasteiger partial charge is 0.484 e. The van der Waals surface area contributed by atoms with E-state index in [9.17, 15) is 9.59 Å². The Balaban J connectivity index is 1.16. The van der Waals surface area contributed by atoms with Crippen molar-refractivity contribution in [1.29, 1.82) is 0 Å². The lowest BCUT2D eigenvalue weighted by Crippen LogP contribution is -2.84. The van der Waals surface area contributed by atoms with Crippen LogP contribution in [0, 0.1) is 0 Å². The Hall–Kier alpha value is -2.44. The van der Waals surface area contributed by atoms with E-state index in [1.807, 2.05) is 36.2 Å². The predicted molar refractivity (Wildman–Crippen MR) is 118 cm³/mol. The molecule has 1 aliphatic heterocycles. The summed E-state index contributed by atoms with van der Waals surface area (Å²) < 4.78 is 5.53. The van der Waals surface area contributed by atoms with Crippen LogP contribution in [0.5, 0.6) is 5.75 Å². The van der Waals surface area contributed by atoms with Gasteiger partial charge in [0.1, 0.15) is 5.75 Å². The molecule has 6 nitrogen and oxygen atoms in total. The first-order valence-electron chi connectivity index (χ1n) is 10.3. The highest BCUT2D eigenvalue weighted by molar-refractivity contribution is 6.30. The fourth-order valence-electron chi connectivity index (χ4n) is 5.27.